The molecule has 15 heavy (non-hydrogen) atoms. The van der Waals surface area contributed by atoms with E-state index in [4.69, 9.17) is 4.74 Å². The molecule has 0 bridgehead atoms. The third kappa shape index (κ3) is 1.33. The predicted octanol–water partition coefficient (Wildman–Crippen LogP) is 0.532. The molecule has 2 aliphatic rings. The van der Waals surface area contributed by atoms with E-state index in [1.165, 1.54) is 4.90 Å². The molecule has 2 heterocycles. The number of hydrogen-bond donors (Lipinski definition) is 1. The monoisotopic (exact) mass is 205 g/mol. The standard InChI is InChI=1S/C11H11NO3/c13-10-8-3-1-2-4-9(8)11(14)12(10)5-7-6-15-7/h1-4,7,10,13H,5-6H2. The number of fused-ring (bicyclic) bond motifs is 1. The van der Waals surface area contributed by atoms with Crippen LogP contribution in [0.2, 0.25) is 0 Å². The van der Waals surface area contributed by atoms with Gasteiger partial charge in [-0.25, -0.2) is 0 Å². The maximum absolute atomic E-state index is 11.9. The van der Waals surface area contributed by atoms with Crippen LogP contribution in [0.15, 0.2) is 24.3 Å². The fraction of sp³-hybridized carbons (Fsp3) is 0.364. The topological polar surface area (TPSA) is 53.1 Å². The van der Waals surface area contributed by atoms with E-state index >= 15 is 0 Å². The molecule has 1 saturated heterocycles. The lowest BCUT2D eigenvalue weighted by molar-refractivity contribution is 0.0148. The fourth-order valence-electron chi connectivity index (χ4n) is 1.93. The number of ether oxygens (including phenoxy) is 1. The number of carbonyl (C=O) groups is 1. The fourth-order valence-corrected chi connectivity index (χ4v) is 1.93. The van der Waals surface area contributed by atoms with Gasteiger partial charge in [-0.1, -0.05) is 18.2 Å². The summed E-state index contributed by atoms with van der Waals surface area (Å²) in [6.07, 6.45) is -0.698. The van der Waals surface area contributed by atoms with Gasteiger partial charge in [-0.05, 0) is 6.07 Å². The molecular weight excluding hydrogens is 194 g/mol. The normalized spacial score (nSPS) is 28.1. The van der Waals surface area contributed by atoms with Gasteiger partial charge in [0.05, 0.1) is 19.3 Å². The van der Waals surface area contributed by atoms with Crippen molar-refractivity contribution >= 4 is 5.91 Å². The molecule has 0 radical (unpaired) electrons. The van der Waals surface area contributed by atoms with Gasteiger partial charge < -0.3 is 14.7 Å². The number of aliphatic hydroxyl groups is 1. The number of amides is 1. The molecule has 1 fully saturated rings. The summed E-state index contributed by atoms with van der Waals surface area (Å²) in [7, 11) is 0. The Kier molecular flexibility index (Phi) is 1.81. The first-order valence-corrected chi connectivity index (χ1v) is 4.97. The first-order valence-electron chi connectivity index (χ1n) is 4.97. The van der Waals surface area contributed by atoms with E-state index < -0.39 is 6.23 Å². The molecule has 2 unspecified atom stereocenters. The molecule has 0 aliphatic carbocycles. The molecule has 4 nitrogen and oxygen atoms in total. The van der Waals surface area contributed by atoms with Gasteiger partial charge in [-0.3, -0.25) is 4.79 Å². The highest BCUT2D eigenvalue weighted by atomic mass is 16.6. The lowest BCUT2D eigenvalue weighted by Gasteiger charge is -2.19. The van der Waals surface area contributed by atoms with Crippen molar-refractivity contribution in [3.05, 3.63) is 35.4 Å². The zero-order chi connectivity index (χ0) is 10.4. The van der Waals surface area contributed by atoms with Gasteiger partial charge in [0.25, 0.3) is 5.91 Å². The lowest BCUT2D eigenvalue weighted by atomic mass is 10.1. The third-order valence-corrected chi connectivity index (χ3v) is 2.83. The first kappa shape index (κ1) is 8.88. The summed E-state index contributed by atoms with van der Waals surface area (Å²) in [4.78, 5) is 13.3. The van der Waals surface area contributed by atoms with Crippen molar-refractivity contribution in [2.45, 2.75) is 12.3 Å². The molecule has 2 atom stereocenters. The van der Waals surface area contributed by atoms with Crippen LogP contribution in [0, 0.1) is 0 Å². The largest absolute Gasteiger partial charge is 0.371 e. The van der Waals surface area contributed by atoms with Gasteiger partial charge in [0, 0.05) is 11.1 Å². The molecular formula is C11H11NO3. The molecule has 78 valence electrons. The van der Waals surface area contributed by atoms with E-state index in [0.717, 1.165) is 0 Å². The van der Waals surface area contributed by atoms with Crippen LogP contribution in [0.3, 0.4) is 0 Å². The summed E-state index contributed by atoms with van der Waals surface area (Å²) in [6.45, 7) is 1.17. The Bertz CT molecular complexity index is 414. The van der Waals surface area contributed by atoms with Gasteiger partial charge in [0.15, 0.2) is 6.23 Å². The zero-order valence-electron chi connectivity index (χ0n) is 8.09. The number of aliphatic hydroxyl groups excluding tert-OH is 1. The van der Waals surface area contributed by atoms with E-state index in [9.17, 15) is 9.90 Å². The molecule has 3 rings (SSSR count). The quantitative estimate of drug-likeness (QED) is 0.716. The summed E-state index contributed by atoms with van der Waals surface area (Å²) in [6, 6.07) is 7.16. The Morgan fingerprint density at radius 2 is 2.20 bits per heavy atom. The molecule has 0 aromatic heterocycles. The van der Waals surface area contributed by atoms with Gasteiger partial charge in [-0.2, -0.15) is 0 Å². The molecule has 4 heteroatoms. The maximum Gasteiger partial charge on any atom is 0.256 e. The molecule has 1 aromatic carbocycles. The maximum atomic E-state index is 11.9. The highest BCUT2D eigenvalue weighted by molar-refractivity contribution is 5.98. The van der Waals surface area contributed by atoms with Crippen molar-refractivity contribution in [2.75, 3.05) is 13.2 Å². The predicted molar refractivity (Wildman–Crippen MR) is 52.2 cm³/mol. The number of nitrogens with zero attached hydrogens (tertiary/aromatic N) is 1. The minimum Gasteiger partial charge on any atom is -0.371 e. The van der Waals surface area contributed by atoms with Crippen molar-refractivity contribution in [3.8, 4) is 0 Å². The summed E-state index contributed by atoms with van der Waals surface area (Å²) in [5, 5.41) is 9.94. The van der Waals surface area contributed by atoms with Crippen LogP contribution in [-0.2, 0) is 4.74 Å². The highest BCUT2D eigenvalue weighted by Crippen LogP contribution is 2.32. The van der Waals surface area contributed by atoms with Crippen LogP contribution in [0.5, 0.6) is 0 Å². The second-order valence-corrected chi connectivity index (χ2v) is 3.87. The Labute approximate surface area is 87.1 Å². The van der Waals surface area contributed by atoms with E-state index in [-0.39, 0.29) is 12.0 Å². The first-order chi connectivity index (χ1) is 7.27. The van der Waals surface area contributed by atoms with Crippen LogP contribution in [0.1, 0.15) is 22.1 Å². The van der Waals surface area contributed by atoms with E-state index in [1.54, 1.807) is 18.2 Å². The SMILES string of the molecule is O=C1c2ccccc2C(O)N1CC1CO1. The zero-order valence-corrected chi connectivity index (χ0v) is 8.09. The van der Waals surface area contributed by atoms with E-state index in [2.05, 4.69) is 0 Å². The number of hydrogen-bond acceptors (Lipinski definition) is 3. The lowest BCUT2D eigenvalue weighted by Crippen LogP contribution is -2.31. The van der Waals surface area contributed by atoms with Crippen LogP contribution < -0.4 is 0 Å². The van der Waals surface area contributed by atoms with Crippen molar-refractivity contribution in [2.24, 2.45) is 0 Å². The number of epoxide rings is 1. The minimum absolute atomic E-state index is 0.103. The Hall–Kier alpha value is -1.39. The Morgan fingerprint density at radius 3 is 2.87 bits per heavy atom. The van der Waals surface area contributed by atoms with Crippen molar-refractivity contribution < 1.29 is 14.6 Å². The Morgan fingerprint density at radius 1 is 1.47 bits per heavy atom. The third-order valence-electron chi connectivity index (χ3n) is 2.83. The van der Waals surface area contributed by atoms with Crippen LogP contribution in [0.4, 0.5) is 0 Å². The molecule has 1 aromatic rings. The Balaban J connectivity index is 1.93. The second-order valence-electron chi connectivity index (χ2n) is 3.87. The average molecular weight is 205 g/mol. The summed E-state index contributed by atoms with van der Waals surface area (Å²) < 4.78 is 5.06. The van der Waals surface area contributed by atoms with Gasteiger partial charge in [0.2, 0.25) is 0 Å². The number of carbonyl (C=O) groups excluding carboxylic acids is 1. The van der Waals surface area contributed by atoms with Gasteiger partial charge >= 0.3 is 0 Å². The molecule has 1 N–H and O–H groups in total. The highest BCUT2D eigenvalue weighted by Gasteiger charge is 2.38. The van der Waals surface area contributed by atoms with Crippen molar-refractivity contribution in [1.82, 2.24) is 4.90 Å². The number of rotatable bonds is 2. The molecule has 1 amide bonds. The van der Waals surface area contributed by atoms with Crippen molar-refractivity contribution in [3.63, 3.8) is 0 Å². The minimum atomic E-state index is -0.808. The van der Waals surface area contributed by atoms with Crippen LogP contribution >= 0.6 is 0 Å². The van der Waals surface area contributed by atoms with Gasteiger partial charge in [0.1, 0.15) is 0 Å². The van der Waals surface area contributed by atoms with E-state index in [0.29, 0.717) is 24.3 Å². The molecule has 0 spiro atoms. The van der Waals surface area contributed by atoms with Gasteiger partial charge in [-0.15, -0.1) is 0 Å². The van der Waals surface area contributed by atoms with Crippen LogP contribution in [0.25, 0.3) is 0 Å². The summed E-state index contributed by atoms with van der Waals surface area (Å²) in [5.74, 6) is -0.103. The summed E-state index contributed by atoms with van der Waals surface area (Å²) >= 11 is 0. The summed E-state index contributed by atoms with van der Waals surface area (Å²) in [5.41, 5.74) is 1.30. The van der Waals surface area contributed by atoms with Crippen LogP contribution in [-0.4, -0.2) is 35.2 Å². The average Bonchev–Trinajstić information content (AvgIpc) is 3.04. The van der Waals surface area contributed by atoms with Crippen molar-refractivity contribution in [1.29, 1.82) is 0 Å². The second kappa shape index (κ2) is 3.05. The number of benzene rings is 1. The smallest absolute Gasteiger partial charge is 0.256 e. The molecule has 2 aliphatic heterocycles. The van der Waals surface area contributed by atoms with E-state index in [1.807, 2.05) is 6.07 Å². The molecule has 0 saturated carbocycles.